The summed E-state index contributed by atoms with van der Waals surface area (Å²) in [5.74, 6) is 0. The van der Waals surface area contributed by atoms with E-state index in [2.05, 4.69) is 15.1 Å². The van der Waals surface area contributed by atoms with Crippen molar-refractivity contribution in [2.24, 2.45) is 0 Å². The van der Waals surface area contributed by atoms with Crippen LogP contribution in [-0.2, 0) is 6.42 Å². The Hall–Kier alpha value is -2.08. The molecule has 0 fully saturated rings. The predicted octanol–water partition coefficient (Wildman–Crippen LogP) is 1.78. The summed E-state index contributed by atoms with van der Waals surface area (Å²) in [6, 6.07) is 5.22. The average Bonchev–Trinajstić information content (AvgIpc) is 2.81. The Kier molecular flexibility index (Phi) is 2.64. The lowest BCUT2D eigenvalue weighted by atomic mass is 10.2. The van der Waals surface area contributed by atoms with E-state index in [1.165, 1.54) is 17.4 Å². The highest BCUT2D eigenvalue weighted by molar-refractivity contribution is 7.16. The van der Waals surface area contributed by atoms with Gasteiger partial charge in [0.1, 0.15) is 5.01 Å². The second-order valence-electron chi connectivity index (χ2n) is 3.77. The molecule has 3 aromatic heterocycles. The average molecular weight is 258 g/mol. The number of fused-ring (bicyclic) bond motifs is 1. The SMILES string of the molecule is CCc1nn2c(-c3cccnc3)cc(=O)nc2s1. The van der Waals surface area contributed by atoms with Gasteiger partial charge >= 0.3 is 0 Å². The second kappa shape index (κ2) is 4.30. The van der Waals surface area contributed by atoms with Crippen molar-refractivity contribution < 1.29 is 0 Å². The third-order valence-electron chi connectivity index (χ3n) is 2.56. The Morgan fingerprint density at radius 1 is 1.44 bits per heavy atom. The molecule has 18 heavy (non-hydrogen) atoms. The molecule has 0 atom stereocenters. The molecule has 0 aliphatic heterocycles. The molecule has 0 aliphatic rings. The Morgan fingerprint density at radius 3 is 3.06 bits per heavy atom. The van der Waals surface area contributed by atoms with E-state index in [1.54, 1.807) is 16.9 Å². The van der Waals surface area contributed by atoms with Gasteiger partial charge in [-0.15, -0.1) is 0 Å². The molecule has 0 N–H and O–H groups in total. The number of nitrogens with zero attached hydrogens (tertiary/aromatic N) is 4. The molecule has 0 unspecified atom stereocenters. The van der Waals surface area contributed by atoms with Gasteiger partial charge in [0.2, 0.25) is 4.96 Å². The fourth-order valence-corrected chi connectivity index (χ4v) is 2.56. The fourth-order valence-electron chi connectivity index (χ4n) is 1.72. The van der Waals surface area contributed by atoms with Crippen molar-refractivity contribution >= 4 is 16.3 Å². The van der Waals surface area contributed by atoms with Gasteiger partial charge in [-0.3, -0.25) is 9.78 Å². The summed E-state index contributed by atoms with van der Waals surface area (Å²) >= 11 is 1.44. The highest BCUT2D eigenvalue weighted by atomic mass is 32.1. The van der Waals surface area contributed by atoms with Crippen LogP contribution in [-0.4, -0.2) is 19.6 Å². The maximum Gasteiger partial charge on any atom is 0.274 e. The zero-order valence-electron chi connectivity index (χ0n) is 9.70. The molecule has 5 nitrogen and oxygen atoms in total. The lowest BCUT2D eigenvalue weighted by molar-refractivity contribution is 0.891. The molecular weight excluding hydrogens is 248 g/mol. The molecule has 6 heteroatoms. The maximum atomic E-state index is 11.6. The van der Waals surface area contributed by atoms with Gasteiger partial charge in [-0.1, -0.05) is 18.3 Å². The number of hydrogen-bond donors (Lipinski definition) is 0. The fraction of sp³-hybridized carbons (Fsp3) is 0.167. The van der Waals surface area contributed by atoms with Crippen LogP contribution in [0.5, 0.6) is 0 Å². The Labute approximate surface area is 107 Å². The summed E-state index contributed by atoms with van der Waals surface area (Å²) in [5.41, 5.74) is 1.34. The highest BCUT2D eigenvalue weighted by Gasteiger charge is 2.10. The summed E-state index contributed by atoms with van der Waals surface area (Å²) < 4.78 is 1.71. The number of aryl methyl sites for hydroxylation is 1. The van der Waals surface area contributed by atoms with E-state index in [-0.39, 0.29) is 5.56 Å². The standard InChI is InChI=1S/C12H10N4OS/c1-2-11-15-16-9(8-4-3-5-13-7-8)6-10(17)14-12(16)18-11/h3-7H,2H2,1H3. The summed E-state index contributed by atoms with van der Waals surface area (Å²) in [5, 5.41) is 5.41. The van der Waals surface area contributed by atoms with Crippen molar-refractivity contribution in [3.05, 3.63) is 46.0 Å². The van der Waals surface area contributed by atoms with E-state index in [9.17, 15) is 4.79 Å². The Bertz CT molecular complexity index is 748. The molecule has 0 aromatic carbocycles. The van der Waals surface area contributed by atoms with Gasteiger partial charge in [0.25, 0.3) is 5.56 Å². The lowest BCUT2D eigenvalue weighted by Crippen LogP contribution is -2.09. The van der Waals surface area contributed by atoms with E-state index >= 15 is 0 Å². The van der Waals surface area contributed by atoms with Crippen LogP contribution in [0.3, 0.4) is 0 Å². The van der Waals surface area contributed by atoms with Gasteiger partial charge in [-0.05, 0) is 18.6 Å². The van der Waals surface area contributed by atoms with E-state index in [1.807, 2.05) is 19.1 Å². The Morgan fingerprint density at radius 2 is 2.33 bits per heavy atom. The molecule has 0 saturated carbocycles. The molecule has 3 heterocycles. The maximum absolute atomic E-state index is 11.6. The molecular formula is C12H10N4OS. The van der Waals surface area contributed by atoms with Crippen LogP contribution in [0.4, 0.5) is 0 Å². The number of hydrogen-bond acceptors (Lipinski definition) is 5. The topological polar surface area (TPSA) is 60.2 Å². The molecule has 3 rings (SSSR count). The molecule has 0 radical (unpaired) electrons. The van der Waals surface area contributed by atoms with Crippen LogP contribution in [0.15, 0.2) is 35.4 Å². The van der Waals surface area contributed by atoms with Gasteiger partial charge in [-0.25, -0.2) is 4.52 Å². The quantitative estimate of drug-likeness (QED) is 0.703. The van der Waals surface area contributed by atoms with E-state index in [0.29, 0.717) is 4.96 Å². The van der Waals surface area contributed by atoms with Gasteiger partial charge in [-0.2, -0.15) is 10.1 Å². The monoisotopic (exact) mass is 258 g/mol. The van der Waals surface area contributed by atoms with Crippen LogP contribution in [0.2, 0.25) is 0 Å². The zero-order chi connectivity index (χ0) is 12.5. The molecule has 0 bridgehead atoms. The first kappa shape index (κ1) is 11.0. The summed E-state index contributed by atoms with van der Waals surface area (Å²) in [6.45, 7) is 2.03. The molecule has 90 valence electrons. The third-order valence-corrected chi connectivity index (χ3v) is 3.61. The smallest absolute Gasteiger partial charge is 0.267 e. The number of aromatic nitrogens is 4. The van der Waals surface area contributed by atoms with Crippen molar-refractivity contribution in [3.63, 3.8) is 0 Å². The van der Waals surface area contributed by atoms with Gasteiger partial charge in [0.15, 0.2) is 0 Å². The van der Waals surface area contributed by atoms with Crippen LogP contribution in [0.25, 0.3) is 16.2 Å². The highest BCUT2D eigenvalue weighted by Crippen LogP contribution is 2.20. The first-order chi connectivity index (χ1) is 8.78. The zero-order valence-corrected chi connectivity index (χ0v) is 10.5. The first-order valence-electron chi connectivity index (χ1n) is 5.58. The van der Waals surface area contributed by atoms with Gasteiger partial charge in [0, 0.05) is 24.0 Å². The number of rotatable bonds is 2. The summed E-state index contributed by atoms with van der Waals surface area (Å²) in [7, 11) is 0. The second-order valence-corrected chi connectivity index (χ2v) is 4.81. The van der Waals surface area contributed by atoms with E-state index in [0.717, 1.165) is 22.7 Å². The van der Waals surface area contributed by atoms with Crippen molar-refractivity contribution in [1.29, 1.82) is 0 Å². The third kappa shape index (κ3) is 1.80. The van der Waals surface area contributed by atoms with Gasteiger partial charge in [0.05, 0.1) is 5.69 Å². The van der Waals surface area contributed by atoms with Gasteiger partial charge < -0.3 is 0 Å². The predicted molar refractivity (Wildman–Crippen MR) is 69.7 cm³/mol. The molecule has 0 spiro atoms. The summed E-state index contributed by atoms with van der Waals surface area (Å²) in [4.78, 5) is 20.3. The molecule has 0 aliphatic carbocycles. The van der Waals surface area contributed by atoms with Crippen molar-refractivity contribution in [2.75, 3.05) is 0 Å². The largest absolute Gasteiger partial charge is 0.274 e. The van der Waals surface area contributed by atoms with Crippen molar-refractivity contribution in [1.82, 2.24) is 19.6 Å². The molecule has 0 amide bonds. The lowest BCUT2D eigenvalue weighted by Gasteiger charge is -2.01. The minimum absolute atomic E-state index is 0.250. The van der Waals surface area contributed by atoms with Crippen molar-refractivity contribution in [2.45, 2.75) is 13.3 Å². The normalized spacial score (nSPS) is 10.9. The minimum atomic E-state index is -0.250. The molecule has 3 aromatic rings. The van der Waals surface area contributed by atoms with Crippen LogP contribution in [0.1, 0.15) is 11.9 Å². The minimum Gasteiger partial charge on any atom is -0.267 e. The first-order valence-corrected chi connectivity index (χ1v) is 6.40. The van der Waals surface area contributed by atoms with Crippen LogP contribution in [0, 0.1) is 0 Å². The number of pyridine rings is 1. The van der Waals surface area contributed by atoms with E-state index < -0.39 is 0 Å². The van der Waals surface area contributed by atoms with E-state index in [4.69, 9.17) is 0 Å². The van der Waals surface area contributed by atoms with Crippen molar-refractivity contribution in [3.8, 4) is 11.3 Å². The summed E-state index contributed by atoms with van der Waals surface area (Å²) in [6.07, 6.45) is 4.24. The Balaban J connectivity index is 2.34. The molecule has 0 saturated heterocycles. The van der Waals surface area contributed by atoms with Crippen LogP contribution >= 0.6 is 11.3 Å². The van der Waals surface area contributed by atoms with Crippen LogP contribution < -0.4 is 5.56 Å².